The fourth-order valence-corrected chi connectivity index (χ4v) is 4.03. The summed E-state index contributed by atoms with van der Waals surface area (Å²) in [7, 11) is 2.07. The number of benzene rings is 2. The molecule has 1 saturated heterocycles. The number of carbonyl (C=O) groups excluding carboxylic acids is 2. The Bertz CT molecular complexity index is 975. The van der Waals surface area contributed by atoms with Crippen molar-refractivity contribution in [3.8, 4) is 5.75 Å². The molecule has 0 atom stereocenters. The number of hydrogen-bond acceptors (Lipinski definition) is 5. The average molecular weight is 420 g/mol. The Morgan fingerprint density at radius 2 is 1.52 bits per heavy atom. The third-order valence-electron chi connectivity index (χ3n) is 5.66. The van der Waals surface area contributed by atoms with Crippen LogP contribution in [0.3, 0.4) is 0 Å². The number of imide groups is 1. The monoisotopic (exact) mass is 419 g/mol. The van der Waals surface area contributed by atoms with Crippen molar-refractivity contribution in [2.45, 2.75) is 26.5 Å². The highest BCUT2D eigenvalue weighted by Gasteiger charge is 2.42. The van der Waals surface area contributed by atoms with Crippen LogP contribution in [0.5, 0.6) is 5.75 Å². The molecule has 2 amide bonds. The van der Waals surface area contributed by atoms with E-state index in [-0.39, 0.29) is 24.5 Å². The molecule has 0 saturated carbocycles. The predicted molar refractivity (Wildman–Crippen MR) is 120 cm³/mol. The highest BCUT2D eigenvalue weighted by atomic mass is 16.5. The lowest BCUT2D eigenvalue weighted by atomic mass is 10.0. The first-order valence-electron chi connectivity index (χ1n) is 10.8. The molecule has 2 aromatic rings. The SMILES string of the molecule is CC(C)Oc1ccc(C2=C(N3CCN(C)CC3)C(=O)N(Cc3ccccc3)C2=O)cc1. The highest BCUT2D eigenvalue weighted by molar-refractivity contribution is 6.35. The molecule has 1 fully saturated rings. The molecule has 0 aliphatic carbocycles. The number of rotatable bonds is 6. The van der Waals surface area contributed by atoms with E-state index in [4.69, 9.17) is 4.74 Å². The number of ether oxygens (including phenoxy) is 1. The van der Waals surface area contributed by atoms with Crippen molar-refractivity contribution in [2.24, 2.45) is 0 Å². The molecule has 31 heavy (non-hydrogen) atoms. The Morgan fingerprint density at radius 3 is 2.13 bits per heavy atom. The Morgan fingerprint density at radius 1 is 0.871 bits per heavy atom. The zero-order valence-corrected chi connectivity index (χ0v) is 18.4. The van der Waals surface area contributed by atoms with Gasteiger partial charge in [0.2, 0.25) is 0 Å². The molecule has 162 valence electrons. The zero-order chi connectivity index (χ0) is 22.0. The van der Waals surface area contributed by atoms with Crippen LogP contribution in [0.4, 0.5) is 0 Å². The minimum absolute atomic E-state index is 0.0713. The first-order chi connectivity index (χ1) is 14.9. The van der Waals surface area contributed by atoms with Gasteiger partial charge in [0, 0.05) is 26.2 Å². The summed E-state index contributed by atoms with van der Waals surface area (Å²) < 4.78 is 5.74. The number of likely N-dealkylation sites (N-methyl/N-ethyl adjacent to an activating group) is 1. The first-order valence-corrected chi connectivity index (χ1v) is 10.8. The van der Waals surface area contributed by atoms with Gasteiger partial charge in [-0.05, 0) is 44.2 Å². The van der Waals surface area contributed by atoms with Gasteiger partial charge >= 0.3 is 0 Å². The van der Waals surface area contributed by atoms with E-state index in [1.54, 1.807) is 0 Å². The molecule has 0 unspecified atom stereocenters. The summed E-state index contributed by atoms with van der Waals surface area (Å²) in [5.74, 6) is 0.301. The van der Waals surface area contributed by atoms with Gasteiger partial charge in [0.05, 0.1) is 18.2 Å². The molecule has 6 heteroatoms. The fraction of sp³-hybridized carbons (Fsp3) is 0.360. The van der Waals surface area contributed by atoms with E-state index >= 15 is 0 Å². The summed E-state index contributed by atoms with van der Waals surface area (Å²) in [5.41, 5.74) is 2.69. The van der Waals surface area contributed by atoms with E-state index in [1.165, 1.54) is 4.90 Å². The number of carbonyl (C=O) groups is 2. The fourth-order valence-electron chi connectivity index (χ4n) is 4.03. The van der Waals surface area contributed by atoms with Gasteiger partial charge in [-0.15, -0.1) is 0 Å². The van der Waals surface area contributed by atoms with Gasteiger partial charge in [0.25, 0.3) is 11.8 Å². The van der Waals surface area contributed by atoms with Crippen LogP contribution in [0, 0.1) is 0 Å². The minimum atomic E-state index is -0.236. The van der Waals surface area contributed by atoms with Crippen LogP contribution in [0.25, 0.3) is 5.57 Å². The van der Waals surface area contributed by atoms with Gasteiger partial charge in [-0.25, -0.2) is 0 Å². The number of amides is 2. The molecular formula is C25H29N3O3. The van der Waals surface area contributed by atoms with Crippen molar-refractivity contribution in [3.05, 3.63) is 71.4 Å². The van der Waals surface area contributed by atoms with E-state index in [0.717, 1.165) is 43.1 Å². The van der Waals surface area contributed by atoms with Crippen LogP contribution in [0.1, 0.15) is 25.0 Å². The molecule has 2 aromatic carbocycles. The Labute approximate surface area is 183 Å². The number of piperazine rings is 1. The maximum absolute atomic E-state index is 13.5. The smallest absolute Gasteiger partial charge is 0.278 e. The zero-order valence-electron chi connectivity index (χ0n) is 18.4. The van der Waals surface area contributed by atoms with Crippen molar-refractivity contribution < 1.29 is 14.3 Å². The van der Waals surface area contributed by atoms with E-state index in [1.807, 2.05) is 68.4 Å². The summed E-state index contributed by atoms with van der Waals surface area (Å²) in [4.78, 5) is 32.6. The summed E-state index contributed by atoms with van der Waals surface area (Å²) in [6, 6.07) is 17.1. The van der Waals surface area contributed by atoms with E-state index in [0.29, 0.717) is 11.3 Å². The Kier molecular flexibility index (Phi) is 6.09. The molecule has 0 aromatic heterocycles. The van der Waals surface area contributed by atoms with Gasteiger partial charge in [-0.2, -0.15) is 0 Å². The Hall–Kier alpha value is -3.12. The maximum Gasteiger partial charge on any atom is 0.278 e. The number of hydrogen-bond donors (Lipinski definition) is 0. The molecule has 0 bridgehead atoms. The van der Waals surface area contributed by atoms with Crippen LogP contribution in [0.2, 0.25) is 0 Å². The molecule has 6 nitrogen and oxygen atoms in total. The standard InChI is InChI=1S/C25H29N3O3/c1-18(2)31-21-11-9-20(10-12-21)22-23(27-15-13-26(3)14-16-27)25(30)28(24(22)29)17-19-7-5-4-6-8-19/h4-12,18H,13-17H2,1-3H3. The van der Waals surface area contributed by atoms with Crippen LogP contribution in [-0.4, -0.2) is 65.8 Å². The lowest BCUT2D eigenvalue weighted by Gasteiger charge is -2.34. The lowest BCUT2D eigenvalue weighted by molar-refractivity contribution is -0.138. The Balaban J connectivity index is 1.69. The van der Waals surface area contributed by atoms with Crippen LogP contribution in [-0.2, 0) is 16.1 Å². The summed E-state index contributed by atoms with van der Waals surface area (Å²) in [6.45, 7) is 7.39. The summed E-state index contributed by atoms with van der Waals surface area (Å²) in [6.07, 6.45) is 0.0713. The van der Waals surface area contributed by atoms with Gasteiger partial charge in [-0.3, -0.25) is 14.5 Å². The van der Waals surface area contributed by atoms with E-state index in [9.17, 15) is 9.59 Å². The van der Waals surface area contributed by atoms with Crippen molar-refractivity contribution in [1.29, 1.82) is 0 Å². The van der Waals surface area contributed by atoms with Crippen molar-refractivity contribution >= 4 is 17.4 Å². The predicted octanol–water partition coefficient (Wildman–Crippen LogP) is 3.00. The third kappa shape index (κ3) is 4.49. The molecule has 0 radical (unpaired) electrons. The van der Waals surface area contributed by atoms with Crippen LogP contribution < -0.4 is 4.74 Å². The largest absolute Gasteiger partial charge is 0.491 e. The van der Waals surface area contributed by atoms with Gasteiger partial charge in [0.1, 0.15) is 11.4 Å². The van der Waals surface area contributed by atoms with E-state index < -0.39 is 0 Å². The molecule has 0 N–H and O–H groups in total. The summed E-state index contributed by atoms with van der Waals surface area (Å²) in [5, 5.41) is 0. The second-order valence-corrected chi connectivity index (χ2v) is 8.39. The average Bonchev–Trinajstić information content (AvgIpc) is 3.00. The highest BCUT2D eigenvalue weighted by Crippen LogP contribution is 2.34. The van der Waals surface area contributed by atoms with Crippen molar-refractivity contribution in [3.63, 3.8) is 0 Å². The van der Waals surface area contributed by atoms with Crippen LogP contribution >= 0.6 is 0 Å². The van der Waals surface area contributed by atoms with Gasteiger partial charge in [-0.1, -0.05) is 42.5 Å². The number of nitrogens with zero attached hydrogens (tertiary/aromatic N) is 3. The quantitative estimate of drug-likeness (QED) is 0.674. The van der Waals surface area contributed by atoms with Crippen molar-refractivity contribution in [2.75, 3.05) is 33.2 Å². The van der Waals surface area contributed by atoms with Crippen molar-refractivity contribution in [1.82, 2.24) is 14.7 Å². The van der Waals surface area contributed by atoms with Gasteiger partial charge < -0.3 is 14.5 Å². The lowest BCUT2D eigenvalue weighted by Crippen LogP contribution is -2.46. The topological polar surface area (TPSA) is 53.1 Å². The summed E-state index contributed by atoms with van der Waals surface area (Å²) >= 11 is 0. The molecule has 4 rings (SSSR count). The van der Waals surface area contributed by atoms with E-state index in [2.05, 4.69) is 16.8 Å². The third-order valence-corrected chi connectivity index (χ3v) is 5.66. The molecule has 0 spiro atoms. The van der Waals surface area contributed by atoms with Crippen LogP contribution in [0.15, 0.2) is 60.3 Å². The minimum Gasteiger partial charge on any atom is -0.491 e. The molecular weight excluding hydrogens is 390 g/mol. The molecule has 2 heterocycles. The van der Waals surface area contributed by atoms with Gasteiger partial charge in [0.15, 0.2) is 0 Å². The second kappa shape index (κ2) is 8.94. The normalized spacial score (nSPS) is 17.8. The molecule has 2 aliphatic heterocycles. The first kappa shape index (κ1) is 21.1. The maximum atomic E-state index is 13.5. The second-order valence-electron chi connectivity index (χ2n) is 8.39. The molecule has 2 aliphatic rings.